The highest BCUT2D eigenvalue weighted by Crippen LogP contribution is 2.28. The van der Waals surface area contributed by atoms with Gasteiger partial charge in [0.05, 0.1) is 6.10 Å². The van der Waals surface area contributed by atoms with Crippen molar-refractivity contribution in [3.63, 3.8) is 0 Å². The van der Waals surface area contributed by atoms with E-state index in [4.69, 9.17) is 16.3 Å². The summed E-state index contributed by atoms with van der Waals surface area (Å²) in [5.74, 6) is 0.805. The highest BCUT2D eigenvalue weighted by molar-refractivity contribution is 6.30. The average molecular weight is 281 g/mol. The number of halogens is 1. The summed E-state index contributed by atoms with van der Waals surface area (Å²) < 4.78 is 5.78. The summed E-state index contributed by atoms with van der Waals surface area (Å²) in [6.07, 6.45) is 6.19. The Morgan fingerprint density at radius 2 is 2.05 bits per heavy atom. The normalized spacial score (nSPS) is 23.3. The van der Waals surface area contributed by atoms with Gasteiger partial charge in [0.2, 0.25) is 0 Å². The molecule has 0 amide bonds. The van der Waals surface area contributed by atoms with Crippen LogP contribution in [0.15, 0.2) is 24.3 Å². The first kappa shape index (κ1) is 14.5. The van der Waals surface area contributed by atoms with Gasteiger partial charge in [0.15, 0.2) is 5.78 Å². The largest absolute Gasteiger partial charge is 0.370 e. The second-order valence-electron chi connectivity index (χ2n) is 5.30. The Kier molecular flexibility index (Phi) is 5.41. The van der Waals surface area contributed by atoms with Crippen molar-refractivity contribution in [3.05, 3.63) is 34.9 Å². The minimum Gasteiger partial charge on any atom is -0.370 e. The first-order valence-corrected chi connectivity index (χ1v) is 7.47. The Labute approximate surface area is 120 Å². The fraction of sp³-hybridized carbons (Fsp3) is 0.562. The number of benzene rings is 1. The van der Waals surface area contributed by atoms with Crippen LogP contribution in [-0.4, -0.2) is 18.5 Å². The molecule has 1 saturated carbocycles. The summed E-state index contributed by atoms with van der Waals surface area (Å²) in [6, 6.07) is 6.98. The third-order valence-corrected chi connectivity index (χ3v) is 4.18. The maximum Gasteiger partial charge on any atom is 0.188 e. The molecule has 0 N–H and O–H groups in total. The molecule has 0 aromatic heterocycles. The number of ether oxygens (including phenoxy) is 1. The quantitative estimate of drug-likeness (QED) is 0.742. The van der Waals surface area contributed by atoms with E-state index < -0.39 is 0 Å². The first-order chi connectivity index (χ1) is 9.19. The average Bonchev–Trinajstić information content (AvgIpc) is 2.46. The van der Waals surface area contributed by atoms with E-state index >= 15 is 0 Å². The molecule has 2 rings (SSSR count). The molecule has 104 valence electrons. The van der Waals surface area contributed by atoms with Gasteiger partial charge in [0.25, 0.3) is 0 Å². The Morgan fingerprint density at radius 3 is 2.74 bits per heavy atom. The third kappa shape index (κ3) is 4.32. The summed E-state index contributed by atoms with van der Waals surface area (Å²) in [5, 5.41) is 0.649. The number of hydrogen-bond donors (Lipinski definition) is 0. The molecule has 2 unspecified atom stereocenters. The maximum atomic E-state index is 12.0. The molecule has 0 aliphatic heterocycles. The van der Waals surface area contributed by atoms with E-state index in [-0.39, 0.29) is 18.5 Å². The molecule has 0 heterocycles. The SMILES string of the molecule is CCC1CCCC(OCC(=O)c2ccc(Cl)cc2)C1. The molecule has 1 aromatic rings. The molecule has 3 heteroatoms. The number of ketones is 1. The fourth-order valence-corrected chi connectivity index (χ4v) is 2.80. The summed E-state index contributed by atoms with van der Waals surface area (Å²) in [4.78, 5) is 12.0. The third-order valence-electron chi connectivity index (χ3n) is 3.93. The minimum atomic E-state index is 0.0373. The van der Waals surface area contributed by atoms with Crippen molar-refractivity contribution in [2.45, 2.75) is 45.1 Å². The molecule has 2 nitrogen and oxygen atoms in total. The Morgan fingerprint density at radius 1 is 1.32 bits per heavy atom. The molecule has 0 bridgehead atoms. The van der Waals surface area contributed by atoms with Crippen LogP contribution in [0.3, 0.4) is 0 Å². The molecule has 1 aliphatic rings. The minimum absolute atomic E-state index is 0.0373. The number of carbonyl (C=O) groups is 1. The monoisotopic (exact) mass is 280 g/mol. The lowest BCUT2D eigenvalue weighted by Gasteiger charge is -2.28. The molecular formula is C16H21ClO2. The van der Waals surface area contributed by atoms with Crippen molar-refractivity contribution >= 4 is 17.4 Å². The lowest BCUT2D eigenvalue weighted by atomic mass is 9.85. The van der Waals surface area contributed by atoms with Crippen LogP contribution in [-0.2, 0) is 4.74 Å². The second-order valence-corrected chi connectivity index (χ2v) is 5.74. The second kappa shape index (κ2) is 7.06. The van der Waals surface area contributed by atoms with Gasteiger partial charge in [-0.3, -0.25) is 4.79 Å². The molecule has 0 radical (unpaired) electrons. The van der Waals surface area contributed by atoms with Crippen LogP contribution in [0.2, 0.25) is 5.02 Å². The van der Waals surface area contributed by atoms with Crippen molar-refractivity contribution < 1.29 is 9.53 Å². The van der Waals surface area contributed by atoms with E-state index in [9.17, 15) is 4.79 Å². The van der Waals surface area contributed by atoms with E-state index in [0.29, 0.717) is 10.6 Å². The standard InChI is InChI=1S/C16H21ClO2/c1-2-12-4-3-5-15(10-12)19-11-16(18)13-6-8-14(17)9-7-13/h6-9,12,15H,2-5,10-11H2,1H3. The van der Waals surface area contributed by atoms with Crippen molar-refractivity contribution in [2.75, 3.05) is 6.61 Å². The first-order valence-electron chi connectivity index (χ1n) is 7.09. The Balaban J connectivity index is 1.81. The van der Waals surface area contributed by atoms with Crippen molar-refractivity contribution in [1.29, 1.82) is 0 Å². The van der Waals surface area contributed by atoms with Gasteiger partial charge >= 0.3 is 0 Å². The molecule has 2 atom stereocenters. The van der Waals surface area contributed by atoms with Gasteiger partial charge < -0.3 is 4.74 Å². The zero-order valence-corrected chi connectivity index (χ0v) is 12.2. The van der Waals surface area contributed by atoms with Crippen LogP contribution >= 0.6 is 11.6 Å². The molecule has 0 saturated heterocycles. The maximum absolute atomic E-state index is 12.0. The van der Waals surface area contributed by atoms with Gasteiger partial charge in [-0.15, -0.1) is 0 Å². The summed E-state index contributed by atoms with van der Waals surface area (Å²) in [6.45, 7) is 2.41. The van der Waals surface area contributed by atoms with Crippen LogP contribution in [0.25, 0.3) is 0 Å². The van der Waals surface area contributed by atoms with Gasteiger partial charge in [0, 0.05) is 10.6 Å². The van der Waals surface area contributed by atoms with Crippen molar-refractivity contribution in [1.82, 2.24) is 0 Å². The Bertz CT molecular complexity index is 413. The smallest absolute Gasteiger partial charge is 0.188 e. The zero-order chi connectivity index (χ0) is 13.7. The zero-order valence-electron chi connectivity index (χ0n) is 11.4. The van der Waals surface area contributed by atoms with Crippen LogP contribution in [0.4, 0.5) is 0 Å². The summed E-state index contributed by atoms with van der Waals surface area (Å²) in [5.41, 5.74) is 0.673. The van der Waals surface area contributed by atoms with Crippen LogP contribution in [0, 0.1) is 5.92 Å². The number of rotatable bonds is 5. The van der Waals surface area contributed by atoms with E-state index in [0.717, 1.165) is 18.8 Å². The molecule has 1 aromatic carbocycles. The van der Waals surface area contributed by atoms with Gasteiger partial charge in [-0.2, -0.15) is 0 Å². The number of hydrogen-bond acceptors (Lipinski definition) is 2. The summed E-state index contributed by atoms with van der Waals surface area (Å²) in [7, 11) is 0. The van der Waals surface area contributed by atoms with Crippen LogP contribution in [0.1, 0.15) is 49.4 Å². The summed E-state index contributed by atoms with van der Waals surface area (Å²) >= 11 is 5.80. The van der Waals surface area contributed by atoms with Crippen LogP contribution in [0.5, 0.6) is 0 Å². The molecule has 0 spiro atoms. The highest BCUT2D eigenvalue weighted by atomic mass is 35.5. The molecule has 19 heavy (non-hydrogen) atoms. The van der Waals surface area contributed by atoms with E-state index in [1.807, 2.05) is 0 Å². The predicted octanol–water partition coefficient (Wildman–Crippen LogP) is 4.51. The fourth-order valence-electron chi connectivity index (χ4n) is 2.68. The predicted molar refractivity (Wildman–Crippen MR) is 77.8 cm³/mol. The molecule has 1 fully saturated rings. The topological polar surface area (TPSA) is 26.3 Å². The van der Waals surface area contributed by atoms with Crippen LogP contribution < -0.4 is 0 Å². The van der Waals surface area contributed by atoms with Gasteiger partial charge in [-0.05, 0) is 43.0 Å². The van der Waals surface area contributed by atoms with Gasteiger partial charge in [-0.25, -0.2) is 0 Å². The van der Waals surface area contributed by atoms with Gasteiger partial charge in [-0.1, -0.05) is 37.8 Å². The number of Topliss-reactive ketones (excluding diaryl/α,β-unsaturated/α-hetero) is 1. The number of carbonyl (C=O) groups excluding carboxylic acids is 1. The van der Waals surface area contributed by atoms with Crippen molar-refractivity contribution in [3.8, 4) is 0 Å². The molecule has 1 aliphatic carbocycles. The Hall–Kier alpha value is -0.860. The molecular weight excluding hydrogens is 260 g/mol. The lowest BCUT2D eigenvalue weighted by Crippen LogP contribution is -2.25. The highest BCUT2D eigenvalue weighted by Gasteiger charge is 2.22. The lowest BCUT2D eigenvalue weighted by molar-refractivity contribution is 0.0156. The van der Waals surface area contributed by atoms with E-state index in [1.54, 1.807) is 24.3 Å². The van der Waals surface area contributed by atoms with Gasteiger partial charge in [0.1, 0.15) is 6.61 Å². The van der Waals surface area contributed by atoms with Crippen molar-refractivity contribution in [2.24, 2.45) is 5.92 Å². The van der Waals surface area contributed by atoms with E-state index in [2.05, 4.69) is 6.92 Å². The van der Waals surface area contributed by atoms with E-state index in [1.165, 1.54) is 19.3 Å².